The summed E-state index contributed by atoms with van der Waals surface area (Å²) < 4.78 is 1.59. The van der Waals surface area contributed by atoms with Gasteiger partial charge in [0.1, 0.15) is 11.5 Å². The fourth-order valence-electron chi connectivity index (χ4n) is 3.37. The maximum atomic E-state index is 12.3. The normalized spacial score (nSPS) is 15.4. The molecule has 1 amide bonds. The number of pyridine rings is 1. The zero-order valence-electron chi connectivity index (χ0n) is 14.5. The van der Waals surface area contributed by atoms with Crippen molar-refractivity contribution in [2.24, 2.45) is 7.05 Å². The van der Waals surface area contributed by atoms with Crippen molar-refractivity contribution >= 4 is 34.2 Å². The molecule has 0 aliphatic carbocycles. The number of carbonyl (C=O) groups is 1. The van der Waals surface area contributed by atoms with Crippen molar-refractivity contribution in [3.05, 3.63) is 53.3 Å². The summed E-state index contributed by atoms with van der Waals surface area (Å²) >= 11 is 6.03. The minimum atomic E-state index is -0.0656. The third kappa shape index (κ3) is 3.37. The van der Waals surface area contributed by atoms with Crippen LogP contribution in [0, 0.1) is 0 Å². The van der Waals surface area contributed by atoms with Crippen LogP contribution in [0.5, 0.6) is 0 Å². The van der Waals surface area contributed by atoms with Gasteiger partial charge in [0.05, 0.1) is 5.52 Å². The molecule has 1 aliphatic heterocycles. The maximum absolute atomic E-state index is 12.3. The Bertz CT molecular complexity index is 946. The minimum Gasteiger partial charge on any atom is -0.356 e. The van der Waals surface area contributed by atoms with Crippen molar-refractivity contribution < 1.29 is 4.79 Å². The standard InChI is InChI=1S/C19H20ClN5O/c1-24-17(6-9-21-24)19(26)22-15-7-10-25(11-8-15)18-5-2-13-12-14(20)3-4-16(13)23-18/h2-6,9,12,15H,7-8,10-11H2,1H3,(H,22,26). The van der Waals surface area contributed by atoms with Crippen LogP contribution in [0.2, 0.25) is 5.02 Å². The number of nitrogens with zero attached hydrogens (tertiary/aromatic N) is 4. The molecule has 0 saturated carbocycles. The van der Waals surface area contributed by atoms with Gasteiger partial charge in [0.25, 0.3) is 5.91 Å². The fraction of sp³-hybridized carbons (Fsp3) is 0.316. The molecule has 26 heavy (non-hydrogen) atoms. The highest BCUT2D eigenvalue weighted by molar-refractivity contribution is 6.31. The van der Waals surface area contributed by atoms with Crippen LogP contribution in [-0.4, -0.2) is 39.8 Å². The monoisotopic (exact) mass is 369 g/mol. The molecule has 1 aliphatic rings. The molecule has 1 aromatic carbocycles. The number of anilines is 1. The van der Waals surface area contributed by atoms with Gasteiger partial charge >= 0.3 is 0 Å². The molecule has 134 valence electrons. The topological polar surface area (TPSA) is 63.1 Å². The highest BCUT2D eigenvalue weighted by Gasteiger charge is 2.23. The Morgan fingerprint density at radius 3 is 2.73 bits per heavy atom. The van der Waals surface area contributed by atoms with E-state index in [0.29, 0.717) is 5.69 Å². The lowest BCUT2D eigenvalue weighted by atomic mass is 10.0. The number of nitrogens with one attached hydrogen (secondary N) is 1. The second-order valence-corrected chi connectivity index (χ2v) is 7.02. The van der Waals surface area contributed by atoms with Gasteiger partial charge in [-0.05, 0) is 49.2 Å². The number of hydrogen-bond acceptors (Lipinski definition) is 4. The van der Waals surface area contributed by atoms with Crippen LogP contribution in [0.4, 0.5) is 5.82 Å². The Morgan fingerprint density at radius 2 is 2.00 bits per heavy atom. The van der Waals surface area contributed by atoms with Crippen LogP contribution in [0.3, 0.4) is 0 Å². The Hall–Kier alpha value is -2.60. The predicted molar refractivity (Wildman–Crippen MR) is 103 cm³/mol. The number of aryl methyl sites for hydroxylation is 1. The quantitative estimate of drug-likeness (QED) is 0.770. The second kappa shape index (κ2) is 6.96. The number of rotatable bonds is 3. The number of halogens is 1. The van der Waals surface area contributed by atoms with Gasteiger partial charge in [-0.3, -0.25) is 9.48 Å². The summed E-state index contributed by atoms with van der Waals surface area (Å²) in [4.78, 5) is 19.3. The molecular formula is C19H20ClN5O. The molecule has 2 aromatic heterocycles. The van der Waals surface area contributed by atoms with E-state index in [9.17, 15) is 4.79 Å². The van der Waals surface area contributed by atoms with Crippen molar-refractivity contribution in [2.45, 2.75) is 18.9 Å². The summed E-state index contributed by atoms with van der Waals surface area (Å²) in [6.45, 7) is 1.73. The lowest BCUT2D eigenvalue weighted by Crippen LogP contribution is -2.45. The molecule has 3 heterocycles. The van der Waals surface area contributed by atoms with Crippen LogP contribution in [0.25, 0.3) is 10.9 Å². The first-order valence-electron chi connectivity index (χ1n) is 8.70. The predicted octanol–water partition coefficient (Wildman–Crippen LogP) is 3.02. The fourth-order valence-corrected chi connectivity index (χ4v) is 3.55. The van der Waals surface area contributed by atoms with E-state index in [-0.39, 0.29) is 11.9 Å². The number of benzene rings is 1. The van der Waals surface area contributed by atoms with Gasteiger partial charge in [-0.25, -0.2) is 4.98 Å². The zero-order valence-corrected chi connectivity index (χ0v) is 15.3. The van der Waals surface area contributed by atoms with E-state index in [1.54, 1.807) is 24.0 Å². The molecule has 3 aromatic rings. The molecule has 0 spiro atoms. The molecule has 0 unspecified atom stereocenters. The summed E-state index contributed by atoms with van der Waals surface area (Å²) in [5.74, 6) is 0.903. The zero-order chi connectivity index (χ0) is 18.1. The number of hydrogen-bond donors (Lipinski definition) is 1. The first kappa shape index (κ1) is 16.8. The molecule has 6 nitrogen and oxygen atoms in total. The number of carbonyl (C=O) groups excluding carboxylic acids is 1. The summed E-state index contributed by atoms with van der Waals surface area (Å²) in [5.41, 5.74) is 1.53. The molecule has 0 bridgehead atoms. The van der Waals surface area contributed by atoms with Crippen LogP contribution in [-0.2, 0) is 7.05 Å². The molecule has 1 fully saturated rings. The summed E-state index contributed by atoms with van der Waals surface area (Å²) in [5, 5.41) is 8.91. The van der Waals surface area contributed by atoms with Crippen LogP contribution < -0.4 is 10.2 Å². The lowest BCUT2D eigenvalue weighted by Gasteiger charge is -2.33. The number of aromatic nitrogens is 3. The van der Waals surface area contributed by atoms with Gasteiger partial charge in [-0.1, -0.05) is 11.6 Å². The second-order valence-electron chi connectivity index (χ2n) is 6.58. The van der Waals surface area contributed by atoms with Crippen molar-refractivity contribution in [3.63, 3.8) is 0 Å². The van der Waals surface area contributed by atoms with Gasteiger partial charge in [0.15, 0.2) is 0 Å². The van der Waals surface area contributed by atoms with E-state index in [2.05, 4.69) is 21.4 Å². The Labute approximate surface area is 156 Å². The molecule has 4 rings (SSSR count). The van der Waals surface area contributed by atoms with E-state index in [1.807, 2.05) is 24.3 Å². The third-order valence-corrected chi connectivity index (χ3v) is 5.08. The molecule has 0 radical (unpaired) electrons. The molecule has 1 saturated heterocycles. The van der Waals surface area contributed by atoms with Gasteiger partial charge < -0.3 is 10.2 Å². The van der Waals surface area contributed by atoms with Gasteiger partial charge in [0.2, 0.25) is 0 Å². The van der Waals surface area contributed by atoms with Gasteiger partial charge in [-0.15, -0.1) is 0 Å². The van der Waals surface area contributed by atoms with Crippen LogP contribution in [0.15, 0.2) is 42.6 Å². The highest BCUT2D eigenvalue weighted by atomic mass is 35.5. The smallest absolute Gasteiger partial charge is 0.269 e. The average molecular weight is 370 g/mol. The minimum absolute atomic E-state index is 0.0656. The first-order chi connectivity index (χ1) is 12.6. The van der Waals surface area contributed by atoms with E-state index in [1.165, 1.54) is 0 Å². The third-order valence-electron chi connectivity index (χ3n) is 4.84. The highest BCUT2D eigenvalue weighted by Crippen LogP contribution is 2.23. The van der Waals surface area contributed by atoms with Crippen molar-refractivity contribution in [3.8, 4) is 0 Å². The van der Waals surface area contributed by atoms with E-state index in [4.69, 9.17) is 16.6 Å². The average Bonchev–Trinajstić information content (AvgIpc) is 3.08. The van der Waals surface area contributed by atoms with Crippen LogP contribution in [0.1, 0.15) is 23.3 Å². The summed E-state index contributed by atoms with van der Waals surface area (Å²) in [6.07, 6.45) is 3.42. The maximum Gasteiger partial charge on any atom is 0.269 e. The summed E-state index contributed by atoms with van der Waals surface area (Å²) in [6, 6.07) is 11.7. The molecule has 7 heteroatoms. The SMILES string of the molecule is Cn1nccc1C(=O)NC1CCN(c2ccc3cc(Cl)ccc3n2)CC1. The van der Waals surface area contributed by atoms with E-state index >= 15 is 0 Å². The molecular weight excluding hydrogens is 350 g/mol. The summed E-state index contributed by atoms with van der Waals surface area (Å²) in [7, 11) is 1.77. The number of fused-ring (bicyclic) bond motifs is 1. The van der Waals surface area contributed by atoms with Gasteiger partial charge in [-0.2, -0.15) is 5.10 Å². The Morgan fingerprint density at radius 1 is 1.19 bits per heavy atom. The van der Waals surface area contributed by atoms with Gasteiger partial charge in [0, 0.05) is 42.8 Å². The first-order valence-corrected chi connectivity index (χ1v) is 9.08. The van der Waals surface area contributed by atoms with Crippen LogP contribution >= 0.6 is 11.6 Å². The van der Waals surface area contributed by atoms with Crippen molar-refractivity contribution in [1.82, 2.24) is 20.1 Å². The van der Waals surface area contributed by atoms with E-state index in [0.717, 1.165) is 47.7 Å². The number of piperidine rings is 1. The van der Waals surface area contributed by atoms with Crippen molar-refractivity contribution in [1.29, 1.82) is 0 Å². The van der Waals surface area contributed by atoms with E-state index < -0.39 is 0 Å². The lowest BCUT2D eigenvalue weighted by molar-refractivity contribution is 0.0921. The largest absolute Gasteiger partial charge is 0.356 e. The Kier molecular flexibility index (Phi) is 4.51. The number of amides is 1. The molecule has 0 atom stereocenters. The van der Waals surface area contributed by atoms with Crippen molar-refractivity contribution in [2.75, 3.05) is 18.0 Å². The molecule has 1 N–H and O–H groups in total. The Balaban J connectivity index is 1.39.